The number of aliphatic hydroxyl groups is 3. The van der Waals surface area contributed by atoms with E-state index in [1.165, 1.54) is 22.3 Å². The zero-order valence-corrected chi connectivity index (χ0v) is 44.3. The number of carboxylic acids is 1. The summed E-state index contributed by atoms with van der Waals surface area (Å²) in [7, 11) is 7.82. The first-order valence-electron chi connectivity index (χ1n) is 26.4. The fraction of sp³-hybridized carbons (Fsp3) is 0.707. The molecule has 388 valence electrons. The van der Waals surface area contributed by atoms with Crippen molar-refractivity contribution in [1.29, 1.82) is 0 Å². The normalized spacial score (nSPS) is 38.8. The van der Waals surface area contributed by atoms with Crippen LogP contribution in [0.2, 0.25) is 0 Å². The molecule has 4 aliphatic heterocycles. The van der Waals surface area contributed by atoms with Gasteiger partial charge in [-0.05, 0) is 171 Å². The van der Waals surface area contributed by atoms with Crippen molar-refractivity contribution < 1.29 is 44.2 Å². The van der Waals surface area contributed by atoms with Crippen molar-refractivity contribution in [3.05, 3.63) is 95.2 Å². The van der Waals surface area contributed by atoms with Gasteiger partial charge in [-0.15, -0.1) is 0 Å². The number of allylic oxidation sites excluding steroid dienone is 8. The molecule has 6 aliphatic rings. The van der Waals surface area contributed by atoms with Crippen LogP contribution in [0.1, 0.15) is 120 Å². The Hall–Kier alpha value is -2.97. The van der Waals surface area contributed by atoms with E-state index >= 15 is 0 Å². The molecule has 0 unspecified atom stereocenters. The minimum atomic E-state index is -0.872. The van der Waals surface area contributed by atoms with E-state index in [4.69, 9.17) is 18.9 Å². The topological polar surface area (TPSA) is 141 Å². The molecule has 11 heteroatoms. The number of hydrogen-bond acceptors (Lipinski definition) is 10. The second kappa shape index (κ2) is 27.2. The molecule has 4 N–H and O–H groups in total. The molecule has 0 radical (unpaired) electrons. The summed E-state index contributed by atoms with van der Waals surface area (Å²) in [5, 5.41) is 40.1. The molecule has 18 atom stereocenters. The molecule has 69 heavy (non-hydrogen) atoms. The highest BCUT2D eigenvalue weighted by molar-refractivity contribution is 5.67. The van der Waals surface area contributed by atoms with E-state index in [0.29, 0.717) is 48.3 Å². The second-order valence-corrected chi connectivity index (χ2v) is 21.5. The molecule has 2 saturated heterocycles. The van der Waals surface area contributed by atoms with E-state index in [2.05, 4.69) is 127 Å². The highest BCUT2D eigenvalue weighted by Gasteiger charge is 2.45. The lowest BCUT2D eigenvalue weighted by atomic mass is 9.92. The molecule has 11 nitrogen and oxygen atoms in total. The van der Waals surface area contributed by atoms with Crippen LogP contribution >= 0.6 is 0 Å². The maximum atomic E-state index is 11.2. The van der Waals surface area contributed by atoms with Crippen LogP contribution in [0.3, 0.4) is 0 Å². The number of ether oxygens (including phenoxy) is 4. The summed E-state index contributed by atoms with van der Waals surface area (Å²) in [5.41, 5.74) is 5.33. The van der Waals surface area contributed by atoms with Crippen LogP contribution < -0.4 is 0 Å². The molecular formula is C58H92N2O9. The predicted octanol–water partition coefficient (Wildman–Crippen LogP) is 9.42. The van der Waals surface area contributed by atoms with Crippen LogP contribution in [0.25, 0.3) is 0 Å². The van der Waals surface area contributed by atoms with Gasteiger partial charge in [0.25, 0.3) is 0 Å². The Morgan fingerprint density at radius 1 is 0.652 bits per heavy atom. The van der Waals surface area contributed by atoms with Crippen molar-refractivity contribution in [2.24, 2.45) is 35.5 Å². The third-order valence-electron chi connectivity index (χ3n) is 16.0. The monoisotopic (exact) mass is 961 g/mol. The summed E-state index contributed by atoms with van der Waals surface area (Å²) < 4.78 is 24.6. The average molecular weight is 961 g/mol. The van der Waals surface area contributed by atoms with Crippen molar-refractivity contribution in [3.63, 3.8) is 0 Å². The Morgan fingerprint density at radius 2 is 1.06 bits per heavy atom. The fourth-order valence-electron chi connectivity index (χ4n) is 11.0. The highest BCUT2D eigenvalue weighted by Crippen LogP contribution is 2.49. The van der Waals surface area contributed by atoms with Gasteiger partial charge < -0.3 is 49.2 Å². The molecule has 2 aliphatic carbocycles. The number of hydrogen-bond donors (Lipinski definition) is 4. The number of likely N-dealkylation sites (N-methyl/N-ethyl adjacent to an activating group) is 2. The van der Waals surface area contributed by atoms with E-state index in [0.717, 1.165) is 44.9 Å². The molecule has 6 rings (SSSR count). The lowest BCUT2D eigenvalue weighted by molar-refractivity contribution is -0.153. The molecule has 0 aromatic rings. The van der Waals surface area contributed by atoms with Crippen molar-refractivity contribution in [3.8, 4) is 0 Å². The van der Waals surface area contributed by atoms with E-state index in [1.807, 2.05) is 39.2 Å². The van der Waals surface area contributed by atoms with E-state index in [1.54, 1.807) is 0 Å². The van der Waals surface area contributed by atoms with Gasteiger partial charge in [0.15, 0.2) is 0 Å². The summed E-state index contributed by atoms with van der Waals surface area (Å²) in [6, 6.07) is -0.0762. The molecular weight excluding hydrogens is 869 g/mol. The van der Waals surface area contributed by atoms with Gasteiger partial charge in [-0.25, -0.2) is 0 Å². The summed E-state index contributed by atoms with van der Waals surface area (Å²) in [6.45, 7) is 17.7. The largest absolute Gasteiger partial charge is 0.481 e. The number of carboxylic acid groups (broad SMARTS) is 1. The number of rotatable bonds is 20. The minimum Gasteiger partial charge on any atom is -0.481 e. The Bertz CT molecular complexity index is 1880. The Balaban J connectivity index is 0.000000258. The number of nitrogens with zero attached hydrogens (tertiary/aromatic N) is 2. The zero-order chi connectivity index (χ0) is 50.5. The molecule has 0 aromatic heterocycles. The van der Waals surface area contributed by atoms with E-state index < -0.39 is 24.3 Å². The van der Waals surface area contributed by atoms with Crippen LogP contribution in [-0.2, 0) is 23.7 Å². The third kappa shape index (κ3) is 16.3. The van der Waals surface area contributed by atoms with Gasteiger partial charge in [-0.2, -0.15) is 0 Å². The quantitative estimate of drug-likeness (QED) is 0.0868. The number of aliphatic carboxylic acids is 1. The van der Waals surface area contributed by atoms with Gasteiger partial charge in [0, 0.05) is 18.7 Å². The van der Waals surface area contributed by atoms with Gasteiger partial charge >= 0.3 is 5.97 Å². The van der Waals surface area contributed by atoms with Crippen LogP contribution in [-0.4, -0.2) is 144 Å². The Labute approximate surface area is 416 Å². The molecule has 0 bridgehead atoms. The smallest absolute Gasteiger partial charge is 0.305 e. The third-order valence-corrected chi connectivity index (χ3v) is 16.0. The summed E-state index contributed by atoms with van der Waals surface area (Å²) >= 11 is 0. The molecule has 4 heterocycles. The standard InChI is InChI=1S/C29H45NO5.C29H47NO4/c1-7-25-19(3)12-14-26(35-25)18(2)10-8-9-11-22-20(4)23(22)13-15-27-29(33)24(30(5)6)16-21(34-27)17-28(31)32;1-7-26-20(3)12-14-27(34-26)19(2)10-8-9-11-23-21(4)24(23)13-15-28-29(32)25(30(5)6)18-22(33-28)16-17-31/h9-13,15,20-27,29,33H,7-8,14,16-17H2,1-6H3,(H,31,32);9-13,15,21-29,31-32H,7-8,14,16-18H2,1-6H3/b11-9+,15-13+,18-10+;11-9+,15-13+,19-10+/t20-,21+,22+,23+,24+,25-,26-,27+,29-;21-,22-,23+,24+,25+,26-,27-,28+,29-/m11/s1. The first kappa shape index (κ1) is 56.9. The number of aliphatic hydroxyl groups excluding tert-OH is 3. The number of carbonyl (C=O) groups is 1. The first-order valence-corrected chi connectivity index (χ1v) is 26.4. The SMILES string of the molecule is CC[C@H]1O[C@@H](/C(C)=C/C/C=C/[C@H]2[C@@H](C)[C@@H]2/C=C/[C@@H]2O[C@H](CC(=O)O)C[C@H](N(C)C)[C@H]2O)CC=C1C.CC[C@H]1O[C@@H](/C(C)=C/C/C=C/[C@H]2[C@@H](C)[C@@H]2/C=C/[C@@H]2O[C@H](CCO)C[C@H](N(C)C)[C@H]2O)CC=C1C. The lowest BCUT2D eigenvalue weighted by Gasteiger charge is -2.41. The Morgan fingerprint density at radius 3 is 1.45 bits per heavy atom. The summed E-state index contributed by atoms with van der Waals surface area (Å²) in [5.74, 6) is 2.23. The van der Waals surface area contributed by atoms with E-state index in [9.17, 15) is 25.2 Å². The van der Waals surface area contributed by atoms with Crippen LogP contribution in [0.4, 0.5) is 0 Å². The maximum absolute atomic E-state index is 11.2. The molecule has 0 aromatic carbocycles. The lowest BCUT2D eigenvalue weighted by Crippen LogP contribution is -2.53. The molecule has 0 spiro atoms. The molecule has 0 amide bonds. The van der Waals surface area contributed by atoms with Crippen molar-refractivity contribution in [1.82, 2.24) is 9.80 Å². The summed E-state index contributed by atoms with van der Waals surface area (Å²) in [6.07, 6.45) is 32.9. The van der Waals surface area contributed by atoms with Gasteiger partial charge in [0.05, 0.1) is 55.3 Å². The Kier molecular flexibility index (Phi) is 22.4. The fourth-order valence-corrected chi connectivity index (χ4v) is 11.0. The average Bonchev–Trinajstić information content (AvgIpc) is 4.16. The molecule has 2 saturated carbocycles. The van der Waals surface area contributed by atoms with Gasteiger partial charge in [0.2, 0.25) is 0 Å². The van der Waals surface area contributed by atoms with Crippen LogP contribution in [0.15, 0.2) is 95.2 Å². The predicted molar refractivity (Wildman–Crippen MR) is 278 cm³/mol. The van der Waals surface area contributed by atoms with Crippen molar-refractivity contribution in [2.45, 2.75) is 193 Å². The van der Waals surface area contributed by atoms with Crippen molar-refractivity contribution in [2.75, 3.05) is 34.8 Å². The minimum absolute atomic E-state index is 0.0158. The van der Waals surface area contributed by atoms with Crippen molar-refractivity contribution >= 4 is 5.97 Å². The van der Waals surface area contributed by atoms with E-state index in [-0.39, 0.29) is 67.8 Å². The summed E-state index contributed by atoms with van der Waals surface area (Å²) in [4.78, 5) is 15.2. The van der Waals surface area contributed by atoms with Crippen LogP contribution in [0, 0.1) is 35.5 Å². The van der Waals surface area contributed by atoms with Gasteiger partial charge in [-0.1, -0.05) is 101 Å². The first-order chi connectivity index (χ1) is 32.9. The highest BCUT2D eigenvalue weighted by atomic mass is 16.5. The van der Waals surface area contributed by atoms with Crippen LogP contribution in [0.5, 0.6) is 0 Å². The second-order valence-electron chi connectivity index (χ2n) is 21.5. The van der Waals surface area contributed by atoms with Gasteiger partial charge in [-0.3, -0.25) is 4.79 Å². The van der Waals surface area contributed by atoms with Gasteiger partial charge in [0.1, 0.15) is 12.2 Å². The zero-order valence-electron chi connectivity index (χ0n) is 44.3. The maximum Gasteiger partial charge on any atom is 0.305 e. The molecule has 4 fully saturated rings.